The average molecular weight is 210 g/mol. The zero-order valence-corrected chi connectivity index (χ0v) is 9.53. The Bertz CT molecular complexity index is 63.3. The van der Waals surface area contributed by atoms with Crippen molar-refractivity contribution in [3.05, 3.63) is 0 Å². The van der Waals surface area contributed by atoms with Crippen molar-refractivity contribution in [1.82, 2.24) is 0 Å². The first-order valence-electron chi connectivity index (χ1n) is 4.40. The van der Waals surface area contributed by atoms with Crippen LogP contribution in [0.4, 0.5) is 0 Å². The van der Waals surface area contributed by atoms with Gasteiger partial charge in [-0.25, -0.2) is 0 Å². The summed E-state index contributed by atoms with van der Waals surface area (Å²) in [5.41, 5.74) is 0. The molecule has 0 aliphatic rings. The fraction of sp³-hybridized carbons (Fsp3) is 1.00. The molecule has 0 aromatic carbocycles. The van der Waals surface area contributed by atoms with Crippen molar-refractivity contribution in [1.29, 1.82) is 0 Å². The van der Waals surface area contributed by atoms with E-state index in [4.69, 9.17) is 6.64 Å². The third-order valence-electron chi connectivity index (χ3n) is 1.32. The molecule has 0 radical (unpaired) electrons. The third kappa shape index (κ3) is 13.2. The van der Waals surface area contributed by atoms with Crippen LogP contribution in [-0.4, -0.2) is 13.2 Å². The molecule has 0 rings (SSSR count). The summed E-state index contributed by atoms with van der Waals surface area (Å²) in [7, 11) is 0. The molecule has 3 nitrogen and oxygen atoms in total. The number of hydrogen-bond donors (Lipinski definition) is 0. The second-order valence-electron chi connectivity index (χ2n) is 2.49. The van der Waals surface area contributed by atoms with Crippen molar-refractivity contribution in [2.75, 3.05) is 13.2 Å². The largest absolute Gasteiger partial charge is 2.00 e. The van der Waals surface area contributed by atoms with E-state index in [-0.39, 0.29) is 5.48 Å². The number of unbranched alkanes of at least 4 members (excludes halogenated alkanes) is 2. The summed E-state index contributed by atoms with van der Waals surface area (Å²) in [4.78, 5) is 0. The zero-order valence-electron chi connectivity index (χ0n) is 7.97. The van der Waals surface area contributed by atoms with Gasteiger partial charge in [-0.1, -0.05) is 0 Å². The van der Waals surface area contributed by atoms with Gasteiger partial charge in [0.05, 0.1) is 0 Å². The van der Waals surface area contributed by atoms with Gasteiger partial charge in [-0.2, -0.15) is 0 Å². The molecule has 12 heavy (non-hydrogen) atoms. The summed E-state index contributed by atoms with van der Waals surface area (Å²) in [6, 6.07) is 0. The Morgan fingerprint density at radius 1 is 0.917 bits per heavy atom. The summed E-state index contributed by atoms with van der Waals surface area (Å²) >= 11 is -0.519. The standard InChI is InChI=1S/2C4H9O.O.Ti/c2*1-2-3-4-5;;/h2*2-4H2,1H3;;/q2*-1;-2;+4. The van der Waals surface area contributed by atoms with E-state index in [1.54, 1.807) is 0 Å². The molecular weight excluding hydrogens is 192 g/mol. The summed E-state index contributed by atoms with van der Waals surface area (Å²) in [5.74, 6) is 0. The minimum absolute atomic E-state index is 0. The predicted molar refractivity (Wildman–Crippen MR) is 42.4 cm³/mol. The van der Waals surface area contributed by atoms with Crippen molar-refractivity contribution < 1.29 is 32.0 Å². The molecule has 0 aromatic rings. The Labute approximate surface area is 85.0 Å². The Morgan fingerprint density at radius 2 is 1.33 bits per heavy atom. The average Bonchev–Trinajstić information content (AvgIpc) is 2.03. The Kier molecular flexibility index (Phi) is 17.8. The minimum Gasteiger partial charge on any atom is -2.00 e. The Balaban J connectivity index is 0. The molecule has 0 heterocycles. The Hall–Kier alpha value is 0.594. The van der Waals surface area contributed by atoms with E-state index in [2.05, 4.69) is 13.8 Å². The van der Waals surface area contributed by atoms with Gasteiger partial charge >= 0.3 is 79.3 Å². The van der Waals surface area contributed by atoms with Gasteiger partial charge in [0.2, 0.25) is 0 Å². The van der Waals surface area contributed by atoms with Gasteiger partial charge < -0.3 is 5.48 Å². The molecule has 0 N–H and O–H groups in total. The molecule has 0 atom stereocenters. The van der Waals surface area contributed by atoms with E-state index in [0.29, 0.717) is 0 Å². The van der Waals surface area contributed by atoms with Crippen molar-refractivity contribution in [2.45, 2.75) is 39.5 Å². The monoisotopic (exact) mass is 210 g/mol. The fourth-order valence-corrected chi connectivity index (χ4v) is 1.40. The molecule has 72 valence electrons. The van der Waals surface area contributed by atoms with Crippen LogP contribution in [-0.2, 0) is 32.0 Å². The van der Waals surface area contributed by atoms with Crippen LogP contribution in [0.25, 0.3) is 0 Å². The van der Waals surface area contributed by atoms with Gasteiger partial charge in [-0.05, 0) is 0 Å². The van der Waals surface area contributed by atoms with Gasteiger partial charge in [-0.3, -0.25) is 0 Å². The van der Waals surface area contributed by atoms with Crippen LogP contribution >= 0.6 is 0 Å². The molecule has 4 heteroatoms. The normalized spacial score (nSPS) is 8.83. The molecule has 0 aliphatic heterocycles. The topological polar surface area (TPSA) is 47.0 Å². The summed E-state index contributed by atoms with van der Waals surface area (Å²) in [6.45, 7) is 6.12. The number of rotatable bonds is 8. The van der Waals surface area contributed by atoms with E-state index in [0.717, 1.165) is 13.2 Å². The maximum atomic E-state index is 5.32. The molecular formula is C8H18O3Ti. The van der Waals surface area contributed by atoms with Crippen molar-refractivity contribution in [2.24, 2.45) is 0 Å². The fourth-order valence-electron chi connectivity index (χ4n) is 0.558. The molecule has 0 saturated carbocycles. The molecule has 0 fully saturated rings. The van der Waals surface area contributed by atoms with Crippen molar-refractivity contribution in [3.63, 3.8) is 0 Å². The summed E-state index contributed by atoms with van der Waals surface area (Å²) in [5, 5.41) is 0. The van der Waals surface area contributed by atoms with Gasteiger partial charge in [-0.15, -0.1) is 0 Å². The smallest absolute Gasteiger partial charge is 2.00 e. The maximum absolute atomic E-state index is 5.32. The second kappa shape index (κ2) is 14.1. The van der Waals surface area contributed by atoms with Crippen LogP contribution in [0.3, 0.4) is 0 Å². The van der Waals surface area contributed by atoms with Crippen molar-refractivity contribution >= 4 is 0 Å². The molecule has 0 saturated heterocycles. The van der Waals surface area contributed by atoms with E-state index in [1.165, 1.54) is 25.7 Å². The summed E-state index contributed by atoms with van der Waals surface area (Å²) in [6.07, 6.45) is 4.75. The molecule has 0 aliphatic carbocycles. The zero-order chi connectivity index (χ0) is 8.36. The minimum atomic E-state index is -0.519. The first-order valence-corrected chi connectivity index (χ1v) is 5.67. The van der Waals surface area contributed by atoms with Crippen LogP contribution in [0.1, 0.15) is 39.5 Å². The van der Waals surface area contributed by atoms with Gasteiger partial charge in [0.15, 0.2) is 0 Å². The predicted octanol–water partition coefficient (Wildman–Crippen LogP) is 2.41. The Morgan fingerprint density at radius 3 is 1.67 bits per heavy atom. The van der Waals surface area contributed by atoms with E-state index >= 15 is 0 Å². The van der Waals surface area contributed by atoms with Crippen LogP contribution in [0.15, 0.2) is 0 Å². The van der Waals surface area contributed by atoms with Crippen LogP contribution in [0, 0.1) is 0 Å². The SMILES string of the molecule is CCCC[O][Ti+2][O]CCCC.[O-2]. The van der Waals surface area contributed by atoms with E-state index in [9.17, 15) is 0 Å². The molecule has 0 amide bonds. The van der Waals surface area contributed by atoms with E-state index < -0.39 is 19.9 Å². The molecule has 0 bridgehead atoms. The third-order valence-corrected chi connectivity index (χ3v) is 2.32. The summed E-state index contributed by atoms with van der Waals surface area (Å²) < 4.78 is 10.6. The van der Waals surface area contributed by atoms with Crippen molar-refractivity contribution in [3.8, 4) is 0 Å². The first-order chi connectivity index (χ1) is 5.41. The van der Waals surface area contributed by atoms with E-state index in [1.807, 2.05) is 0 Å². The van der Waals surface area contributed by atoms with Gasteiger partial charge in [0.1, 0.15) is 0 Å². The van der Waals surface area contributed by atoms with Gasteiger partial charge in [0.25, 0.3) is 0 Å². The first kappa shape index (κ1) is 15.1. The maximum Gasteiger partial charge on any atom is -2.00 e. The van der Waals surface area contributed by atoms with Gasteiger partial charge in [0, 0.05) is 0 Å². The molecule has 0 spiro atoms. The molecule has 0 unspecified atom stereocenters. The second-order valence-corrected chi connectivity index (χ2v) is 3.65. The molecule has 0 aromatic heterocycles. The van der Waals surface area contributed by atoms with Crippen LogP contribution in [0.5, 0.6) is 0 Å². The van der Waals surface area contributed by atoms with Crippen LogP contribution < -0.4 is 0 Å². The van der Waals surface area contributed by atoms with Crippen LogP contribution in [0.2, 0.25) is 0 Å². The quantitative estimate of drug-likeness (QED) is 0.456. The number of hydrogen-bond acceptors (Lipinski definition) is 2.